The fourth-order valence-electron chi connectivity index (χ4n) is 3.37. The molecule has 0 saturated carbocycles. The van der Waals surface area contributed by atoms with Gasteiger partial charge in [-0.15, -0.1) is 0 Å². The monoisotopic (exact) mass is 254 g/mol. The molecule has 0 N–H and O–H groups in total. The molecule has 18 heavy (non-hydrogen) atoms. The van der Waals surface area contributed by atoms with E-state index in [1.54, 1.807) is 0 Å². The zero-order chi connectivity index (χ0) is 14.1. The highest BCUT2D eigenvalue weighted by Crippen LogP contribution is 2.27. The van der Waals surface area contributed by atoms with Gasteiger partial charge in [0.15, 0.2) is 0 Å². The van der Waals surface area contributed by atoms with Crippen LogP contribution >= 0.6 is 0 Å². The molecule has 110 valence electrons. The molecule has 0 spiro atoms. The van der Waals surface area contributed by atoms with Crippen LogP contribution in [0.2, 0.25) is 0 Å². The Labute approximate surface area is 117 Å². The summed E-state index contributed by atoms with van der Waals surface area (Å²) in [6.07, 6.45) is 8.36. The second-order valence-electron chi connectivity index (χ2n) is 7.29. The minimum Gasteiger partial charge on any atom is -0.0651 e. The summed E-state index contributed by atoms with van der Waals surface area (Å²) < 4.78 is 0. The van der Waals surface area contributed by atoms with Crippen LogP contribution in [0.5, 0.6) is 0 Å². The summed E-state index contributed by atoms with van der Waals surface area (Å²) in [7, 11) is 0. The van der Waals surface area contributed by atoms with Crippen LogP contribution in [0.25, 0.3) is 0 Å². The van der Waals surface area contributed by atoms with Crippen molar-refractivity contribution in [3.05, 3.63) is 0 Å². The Morgan fingerprint density at radius 1 is 0.444 bits per heavy atom. The van der Waals surface area contributed by atoms with Gasteiger partial charge in [-0.3, -0.25) is 0 Å². The van der Waals surface area contributed by atoms with Gasteiger partial charge in [0, 0.05) is 0 Å². The second-order valence-corrected chi connectivity index (χ2v) is 7.29. The molecule has 0 aliphatic carbocycles. The van der Waals surface area contributed by atoms with E-state index >= 15 is 0 Å². The van der Waals surface area contributed by atoms with Crippen molar-refractivity contribution in [1.29, 1.82) is 0 Å². The quantitative estimate of drug-likeness (QED) is 0.415. The Morgan fingerprint density at radius 3 is 0.889 bits per heavy atom. The van der Waals surface area contributed by atoms with E-state index in [4.69, 9.17) is 0 Å². The predicted molar refractivity (Wildman–Crippen MR) is 84.9 cm³/mol. The Bertz CT molecular complexity index is 164. The number of hydrogen-bond acceptors (Lipinski definition) is 0. The molecule has 0 aromatic heterocycles. The zero-order valence-corrected chi connectivity index (χ0v) is 14.1. The Kier molecular flexibility index (Phi) is 9.87. The third-order valence-electron chi connectivity index (χ3n) is 4.61. The molecule has 0 aliphatic rings. The maximum atomic E-state index is 2.46. The fraction of sp³-hybridized carbons (Fsp3) is 1.00. The largest absolute Gasteiger partial charge is 0.0651 e. The van der Waals surface area contributed by atoms with Gasteiger partial charge in [-0.05, 0) is 55.3 Å². The highest BCUT2D eigenvalue weighted by atomic mass is 14.2. The van der Waals surface area contributed by atoms with Crippen molar-refractivity contribution in [2.24, 2.45) is 29.6 Å². The first kappa shape index (κ1) is 18.0. The fourth-order valence-corrected chi connectivity index (χ4v) is 3.37. The smallest absolute Gasteiger partial charge is 0.0438 e. The van der Waals surface area contributed by atoms with Crippen LogP contribution in [-0.2, 0) is 0 Å². The molecule has 0 bridgehead atoms. The van der Waals surface area contributed by atoms with Crippen LogP contribution in [0.1, 0.15) is 87.0 Å². The van der Waals surface area contributed by atoms with Crippen molar-refractivity contribution in [1.82, 2.24) is 0 Å². The van der Waals surface area contributed by atoms with Crippen LogP contribution < -0.4 is 0 Å². The predicted octanol–water partition coefficient (Wildman–Crippen LogP) is 6.55. The molecule has 0 rings (SSSR count). The van der Waals surface area contributed by atoms with E-state index in [1.807, 2.05) is 0 Å². The topological polar surface area (TPSA) is 0 Å². The van der Waals surface area contributed by atoms with Crippen molar-refractivity contribution in [2.45, 2.75) is 87.0 Å². The molecule has 0 fully saturated rings. The van der Waals surface area contributed by atoms with E-state index in [1.165, 1.54) is 38.5 Å². The minimum atomic E-state index is 0.906. The number of rotatable bonds is 10. The maximum Gasteiger partial charge on any atom is -0.0438 e. The van der Waals surface area contributed by atoms with Gasteiger partial charge in [-0.1, -0.05) is 61.3 Å². The summed E-state index contributed by atoms with van der Waals surface area (Å²) in [6.45, 7) is 16.8. The lowest BCUT2D eigenvalue weighted by Crippen LogP contribution is -2.11. The van der Waals surface area contributed by atoms with Gasteiger partial charge in [-0.25, -0.2) is 0 Å². The molecular formula is C18H38. The van der Waals surface area contributed by atoms with Gasteiger partial charge in [0.2, 0.25) is 0 Å². The van der Waals surface area contributed by atoms with Crippen molar-refractivity contribution < 1.29 is 0 Å². The third-order valence-corrected chi connectivity index (χ3v) is 4.61. The Morgan fingerprint density at radius 2 is 0.667 bits per heavy atom. The molecular weight excluding hydrogens is 216 g/mol. The first-order valence-electron chi connectivity index (χ1n) is 8.38. The van der Waals surface area contributed by atoms with Crippen molar-refractivity contribution in [3.63, 3.8) is 0 Å². The molecule has 0 amide bonds. The average molecular weight is 255 g/mol. The van der Waals surface area contributed by atoms with Gasteiger partial charge >= 0.3 is 0 Å². The van der Waals surface area contributed by atoms with Crippen LogP contribution in [0.15, 0.2) is 0 Å². The van der Waals surface area contributed by atoms with E-state index in [-0.39, 0.29) is 0 Å². The van der Waals surface area contributed by atoms with E-state index < -0.39 is 0 Å². The summed E-state index contributed by atoms with van der Waals surface area (Å²) in [5.74, 6) is 4.54. The molecule has 0 nitrogen and oxygen atoms in total. The van der Waals surface area contributed by atoms with Crippen LogP contribution in [0.3, 0.4) is 0 Å². The van der Waals surface area contributed by atoms with Crippen LogP contribution in [0.4, 0.5) is 0 Å². The lowest BCUT2D eigenvalue weighted by molar-refractivity contribution is 0.283. The molecule has 0 saturated heterocycles. The van der Waals surface area contributed by atoms with Crippen molar-refractivity contribution >= 4 is 0 Å². The van der Waals surface area contributed by atoms with Gasteiger partial charge in [0.1, 0.15) is 0 Å². The van der Waals surface area contributed by atoms with Crippen LogP contribution in [-0.4, -0.2) is 0 Å². The Hall–Kier alpha value is 0. The van der Waals surface area contributed by atoms with Gasteiger partial charge in [-0.2, -0.15) is 0 Å². The highest BCUT2D eigenvalue weighted by molar-refractivity contribution is 4.67. The number of hydrogen-bond donors (Lipinski definition) is 0. The van der Waals surface area contributed by atoms with Gasteiger partial charge in [0.25, 0.3) is 0 Å². The third kappa shape index (κ3) is 9.00. The normalized spacial score (nSPS) is 20.2. The summed E-state index contributed by atoms with van der Waals surface area (Å²) in [4.78, 5) is 0. The van der Waals surface area contributed by atoms with E-state index in [0.717, 1.165) is 29.6 Å². The Balaban J connectivity index is 3.84. The van der Waals surface area contributed by atoms with E-state index in [2.05, 4.69) is 48.5 Å². The summed E-state index contributed by atoms with van der Waals surface area (Å²) >= 11 is 0. The van der Waals surface area contributed by atoms with E-state index in [0.29, 0.717) is 0 Å². The standard InChI is InChI=1S/C18H38/c1-8-14(3)10-16(5)12-18(7)13-17(6)11-15(4)9-2/h14-18H,8-13H2,1-7H3. The lowest BCUT2D eigenvalue weighted by atomic mass is 9.83. The molecule has 0 heterocycles. The SMILES string of the molecule is CCC(C)CC(C)CC(C)CC(C)CC(C)CC. The minimum absolute atomic E-state index is 0.906. The first-order chi connectivity index (χ1) is 8.38. The zero-order valence-electron chi connectivity index (χ0n) is 14.1. The van der Waals surface area contributed by atoms with Gasteiger partial charge in [0.05, 0.1) is 0 Å². The van der Waals surface area contributed by atoms with E-state index in [9.17, 15) is 0 Å². The molecule has 0 heteroatoms. The van der Waals surface area contributed by atoms with Crippen LogP contribution in [0, 0.1) is 29.6 Å². The van der Waals surface area contributed by atoms with Gasteiger partial charge < -0.3 is 0 Å². The summed E-state index contributed by atoms with van der Waals surface area (Å²) in [6, 6.07) is 0. The maximum absolute atomic E-state index is 2.46. The molecule has 4 unspecified atom stereocenters. The molecule has 0 aliphatic heterocycles. The summed E-state index contributed by atoms with van der Waals surface area (Å²) in [5.41, 5.74) is 0. The van der Waals surface area contributed by atoms with Crippen molar-refractivity contribution in [2.75, 3.05) is 0 Å². The molecule has 0 radical (unpaired) electrons. The molecule has 0 aromatic carbocycles. The summed E-state index contributed by atoms with van der Waals surface area (Å²) in [5, 5.41) is 0. The van der Waals surface area contributed by atoms with Crippen molar-refractivity contribution in [3.8, 4) is 0 Å². The highest BCUT2D eigenvalue weighted by Gasteiger charge is 2.15. The molecule has 4 atom stereocenters. The average Bonchev–Trinajstić information content (AvgIpc) is 2.27. The lowest BCUT2D eigenvalue weighted by Gasteiger charge is -2.23. The first-order valence-corrected chi connectivity index (χ1v) is 8.38. The second kappa shape index (κ2) is 9.87. The molecule has 0 aromatic rings.